The average molecular weight is 310 g/mol. The number of carbonyl (C=O) groups excluding carboxylic acids is 1. The highest BCUT2D eigenvalue weighted by Crippen LogP contribution is 2.27. The van der Waals surface area contributed by atoms with Gasteiger partial charge in [0, 0.05) is 10.9 Å². The van der Waals surface area contributed by atoms with Gasteiger partial charge in [-0.15, -0.1) is 22.7 Å². The summed E-state index contributed by atoms with van der Waals surface area (Å²) in [6, 6.07) is 3.87. The Hall–Kier alpha value is -1.73. The van der Waals surface area contributed by atoms with E-state index in [4.69, 9.17) is 5.11 Å². The van der Waals surface area contributed by atoms with E-state index in [9.17, 15) is 9.59 Å². The molecule has 0 saturated carbocycles. The van der Waals surface area contributed by atoms with Crippen molar-refractivity contribution in [2.45, 2.75) is 25.8 Å². The molecule has 0 atom stereocenters. The number of hydrogen-bond donors (Lipinski definition) is 2. The van der Waals surface area contributed by atoms with E-state index >= 15 is 0 Å². The molecule has 1 amide bonds. The van der Waals surface area contributed by atoms with Crippen LogP contribution in [0.1, 0.15) is 30.8 Å². The van der Waals surface area contributed by atoms with Crippen LogP contribution in [0, 0.1) is 0 Å². The fourth-order valence-corrected chi connectivity index (χ4v) is 3.30. The van der Waals surface area contributed by atoms with Gasteiger partial charge in [-0.2, -0.15) is 0 Å². The van der Waals surface area contributed by atoms with Gasteiger partial charge in [0.2, 0.25) is 0 Å². The first-order valence-electron chi connectivity index (χ1n) is 5.91. The van der Waals surface area contributed by atoms with Gasteiger partial charge < -0.3 is 10.4 Å². The van der Waals surface area contributed by atoms with Gasteiger partial charge in [0.25, 0.3) is 5.91 Å². The number of thiazole rings is 1. The lowest BCUT2D eigenvalue weighted by Gasteiger charge is -2.23. The molecule has 2 heterocycles. The maximum Gasteiger partial charge on any atom is 0.305 e. The van der Waals surface area contributed by atoms with E-state index in [2.05, 4.69) is 10.3 Å². The van der Waals surface area contributed by atoms with E-state index in [-0.39, 0.29) is 12.3 Å². The van der Waals surface area contributed by atoms with Gasteiger partial charge in [-0.25, -0.2) is 4.98 Å². The predicted molar refractivity (Wildman–Crippen MR) is 79.2 cm³/mol. The maximum atomic E-state index is 12.1. The van der Waals surface area contributed by atoms with E-state index in [0.717, 1.165) is 9.88 Å². The van der Waals surface area contributed by atoms with Crippen molar-refractivity contribution in [2.24, 2.45) is 0 Å². The summed E-state index contributed by atoms with van der Waals surface area (Å²) in [6.45, 7) is 3.34. The van der Waals surface area contributed by atoms with Crippen molar-refractivity contribution in [1.82, 2.24) is 10.3 Å². The highest BCUT2D eigenvalue weighted by molar-refractivity contribution is 7.20. The van der Waals surface area contributed by atoms with Crippen LogP contribution in [0.2, 0.25) is 0 Å². The second-order valence-corrected chi connectivity index (χ2v) is 6.73. The van der Waals surface area contributed by atoms with Crippen LogP contribution >= 0.6 is 22.7 Å². The number of carbonyl (C=O) groups is 2. The molecule has 0 fully saturated rings. The first-order valence-corrected chi connectivity index (χ1v) is 7.67. The van der Waals surface area contributed by atoms with Crippen molar-refractivity contribution < 1.29 is 14.7 Å². The maximum absolute atomic E-state index is 12.1. The SMILES string of the molecule is CC(C)(CC(=O)O)NC(=O)c1csc(-c2cccs2)n1. The van der Waals surface area contributed by atoms with Crippen LogP contribution in [-0.4, -0.2) is 27.5 Å². The quantitative estimate of drug-likeness (QED) is 0.890. The zero-order valence-electron chi connectivity index (χ0n) is 11.0. The van der Waals surface area contributed by atoms with Crippen molar-refractivity contribution >= 4 is 34.6 Å². The highest BCUT2D eigenvalue weighted by Gasteiger charge is 2.25. The van der Waals surface area contributed by atoms with Gasteiger partial charge in [-0.1, -0.05) is 6.07 Å². The van der Waals surface area contributed by atoms with E-state index in [1.54, 1.807) is 30.6 Å². The standard InChI is InChI=1S/C13H14N2O3S2/c1-13(2,6-10(16)17)15-11(18)8-7-20-12(14-8)9-4-3-5-19-9/h3-5,7H,6H2,1-2H3,(H,15,18)(H,16,17). The predicted octanol–water partition coefficient (Wildman–Crippen LogP) is 2.85. The van der Waals surface area contributed by atoms with Crippen molar-refractivity contribution in [1.29, 1.82) is 0 Å². The molecular weight excluding hydrogens is 296 g/mol. The van der Waals surface area contributed by atoms with Crippen LogP contribution < -0.4 is 5.32 Å². The number of nitrogens with one attached hydrogen (secondary N) is 1. The Kier molecular flexibility index (Phi) is 4.20. The molecule has 2 aromatic heterocycles. The number of aliphatic carboxylic acids is 1. The molecule has 2 rings (SSSR count). The largest absolute Gasteiger partial charge is 0.481 e. The number of carboxylic acid groups (broad SMARTS) is 1. The Morgan fingerprint density at radius 2 is 2.15 bits per heavy atom. The van der Waals surface area contributed by atoms with Crippen LogP contribution in [0.5, 0.6) is 0 Å². The molecule has 106 valence electrons. The van der Waals surface area contributed by atoms with Crippen molar-refractivity contribution in [3.8, 4) is 9.88 Å². The summed E-state index contributed by atoms with van der Waals surface area (Å²) in [5.41, 5.74) is -0.493. The average Bonchev–Trinajstić information content (AvgIpc) is 2.97. The van der Waals surface area contributed by atoms with Crippen LogP contribution in [0.25, 0.3) is 9.88 Å². The number of aromatic nitrogens is 1. The number of nitrogens with zero attached hydrogens (tertiary/aromatic N) is 1. The lowest BCUT2D eigenvalue weighted by molar-refractivity contribution is -0.138. The minimum atomic E-state index is -0.951. The molecule has 0 radical (unpaired) electrons. The lowest BCUT2D eigenvalue weighted by atomic mass is 10.0. The summed E-state index contributed by atoms with van der Waals surface area (Å²) in [5, 5.41) is 15.9. The Bertz CT molecular complexity index is 617. The highest BCUT2D eigenvalue weighted by atomic mass is 32.1. The van der Waals surface area contributed by atoms with Crippen LogP contribution in [-0.2, 0) is 4.79 Å². The van der Waals surface area contributed by atoms with Gasteiger partial charge in [-0.05, 0) is 25.3 Å². The molecule has 0 aliphatic rings. The molecule has 0 spiro atoms. The molecule has 20 heavy (non-hydrogen) atoms. The van der Waals surface area contributed by atoms with E-state index in [1.807, 2.05) is 17.5 Å². The molecule has 5 nitrogen and oxygen atoms in total. The smallest absolute Gasteiger partial charge is 0.305 e. The number of rotatable bonds is 5. The summed E-state index contributed by atoms with van der Waals surface area (Å²) in [4.78, 5) is 28.1. The molecule has 0 unspecified atom stereocenters. The number of thiophene rings is 1. The number of carboxylic acids is 1. The summed E-state index contributed by atoms with van der Waals surface area (Å²) in [6.07, 6.45) is -0.138. The summed E-state index contributed by atoms with van der Waals surface area (Å²) >= 11 is 2.96. The molecule has 2 N–H and O–H groups in total. The van der Waals surface area contributed by atoms with Crippen LogP contribution in [0.3, 0.4) is 0 Å². The lowest BCUT2D eigenvalue weighted by Crippen LogP contribution is -2.45. The third-order valence-corrected chi connectivity index (χ3v) is 4.40. The van der Waals surface area contributed by atoms with Crippen LogP contribution in [0.4, 0.5) is 0 Å². The topological polar surface area (TPSA) is 79.3 Å². The van der Waals surface area contributed by atoms with Crippen molar-refractivity contribution in [3.05, 3.63) is 28.6 Å². The Morgan fingerprint density at radius 1 is 1.40 bits per heavy atom. The van der Waals surface area contributed by atoms with E-state index in [1.165, 1.54) is 11.3 Å². The van der Waals surface area contributed by atoms with Crippen molar-refractivity contribution in [2.75, 3.05) is 0 Å². The van der Waals surface area contributed by atoms with Gasteiger partial charge in [0.1, 0.15) is 10.7 Å². The monoisotopic (exact) mass is 310 g/mol. The summed E-state index contributed by atoms with van der Waals surface area (Å²) < 4.78 is 0. The molecule has 0 aliphatic heterocycles. The fraction of sp³-hybridized carbons (Fsp3) is 0.308. The van der Waals surface area contributed by atoms with Gasteiger partial charge in [0.05, 0.1) is 11.3 Å². The van der Waals surface area contributed by atoms with Gasteiger partial charge in [-0.3, -0.25) is 9.59 Å². The summed E-state index contributed by atoms with van der Waals surface area (Å²) in [5.74, 6) is -1.30. The van der Waals surface area contributed by atoms with E-state index < -0.39 is 11.5 Å². The van der Waals surface area contributed by atoms with Crippen LogP contribution in [0.15, 0.2) is 22.9 Å². The second kappa shape index (κ2) is 5.72. The fourth-order valence-electron chi connectivity index (χ4n) is 1.69. The Balaban J connectivity index is 2.09. The minimum Gasteiger partial charge on any atom is -0.481 e. The minimum absolute atomic E-state index is 0.138. The third-order valence-electron chi connectivity index (χ3n) is 2.51. The Morgan fingerprint density at radius 3 is 2.75 bits per heavy atom. The third kappa shape index (κ3) is 3.64. The van der Waals surface area contributed by atoms with Crippen molar-refractivity contribution in [3.63, 3.8) is 0 Å². The molecule has 0 bridgehead atoms. The summed E-state index contributed by atoms with van der Waals surface area (Å²) in [7, 11) is 0. The first kappa shape index (κ1) is 14.7. The number of hydrogen-bond acceptors (Lipinski definition) is 5. The molecular formula is C13H14N2O3S2. The van der Waals surface area contributed by atoms with E-state index in [0.29, 0.717) is 5.69 Å². The zero-order valence-corrected chi connectivity index (χ0v) is 12.7. The zero-order chi connectivity index (χ0) is 14.8. The van der Waals surface area contributed by atoms with Gasteiger partial charge in [0.15, 0.2) is 0 Å². The first-order chi connectivity index (χ1) is 9.37. The molecule has 7 heteroatoms. The normalized spacial score (nSPS) is 11.3. The number of amides is 1. The second-order valence-electron chi connectivity index (χ2n) is 4.92. The van der Waals surface area contributed by atoms with Gasteiger partial charge >= 0.3 is 5.97 Å². The molecule has 2 aromatic rings. The molecule has 0 aliphatic carbocycles. The Labute approximate surface area is 124 Å². The molecule has 0 saturated heterocycles. The molecule has 0 aromatic carbocycles.